The highest BCUT2D eigenvalue weighted by atomic mass is 35.5. The molecular weight excluding hydrogens is 315 g/mol. The van der Waals surface area contributed by atoms with Crippen LogP contribution in [-0.4, -0.2) is 30.4 Å². The maximum absolute atomic E-state index is 12.9. The third-order valence-electron chi connectivity index (χ3n) is 3.53. The number of rotatable bonds is 7. The van der Waals surface area contributed by atoms with Crippen molar-refractivity contribution in [3.05, 3.63) is 71.5 Å². The largest absolute Gasteiger partial charge is 0.341 e. The first-order valence-corrected chi connectivity index (χ1v) is 7.45. The monoisotopic (exact) mass is 336 g/mol. The fourth-order valence-corrected chi connectivity index (χ4v) is 2.31. The predicted octanol–water partition coefficient (Wildman–Crippen LogP) is 2.82. The molecule has 0 spiro atoms. The van der Waals surface area contributed by atoms with Crippen LogP contribution in [0.2, 0.25) is 0 Å². The van der Waals surface area contributed by atoms with Gasteiger partial charge in [-0.2, -0.15) is 0 Å². The molecule has 23 heavy (non-hydrogen) atoms. The summed E-state index contributed by atoms with van der Waals surface area (Å²) in [5, 5.41) is 0. The first kappa shape index (κ1) is 19.1. The van der Waals surface area contributed by atoms with Crippen LogP contribution in [-0.2, 0) is 17.6 Å². The van der Waals surface area contributed by atoms with Crippen molar-refractivity contribution in [1.29, 1.82) is 0 Å². The summed E-state index contributed by atoms with van der Waals surface area (Å²) in [7, 11) is 0. The number of halogens is 2. The van der Waals surface area contributed by atoms with Crippen molar-refractivity contribution in [3.63, 3.8) is 0 Å². The highest BCUT2D eigenvalue weighted by molar-refractivity contribution is 5.85. The number of nitrogens with two attached hydrogens (primary N) is 1. The minimum atomic E-state index is -0.293. The lowest BCUT2D eigenvalue weighted by atomic mass is 10.1. The third-order valence-corrected chi connectivity index (χ3v) is 3.53. The van der Waals surface area contributed by atoms with E-state index in [4.69, 9.17) is 5.73 Å². The highest BCUT2D eigenvalue weighted by Crippen LogP contribution is 2.07. The standard InChI is InChI=1S/C18H21FN2O.ClH/c19-17-8-6-16(7-9-17)14-18(22)21(13-11-20)12-10-15-4-2-1-3-5-15;/h1-9H,10-14,20H2;1H. The van der Waals surface area contributed by atoms with Gasteiger partial charge in [0, 0.05) is 19.6 Å². The molecule has 0 bridgehead atoms. The molecule has 2 aromatic rings. The van der Waals surface area contributed by atoms with E-state index < -0.39 is 0 Å². The van der Waals surface area contributed by atoms with Crippen molar-refractivity contribution < 1.29 is 9.18 Å². The summed E-state index contributed by atoms with van der Waals surface area (Å²) >= 11 is 0. The van der Waals surface area contributed by atoms with E-state index in [1.165, 1.54) is 17.7 Å². The van der Waals surface area contributed by atoms with E-state index in [1.54, 1.807) is 17.0 Å². The quantitative estimate of drug-likeness (QED) is 0.845. The van der Waals surface area contributed by atoms with Crippen LogP contribution in [0.25, 0.3) is 0 Å². The summed E-state index contributed by atoms with van der Waals surface area (Å²) < 4.78 is 12.9. The van der Waals surface area contributed by atoms with Crippen LogP contribution in [0.1, 0.15) is 11.1 Å². The molecule has 0 heterocycles. The van der Waals surface area contributed by atoms with E-state index in [0.29, 0.717) is 19.6 Å². The fourth-order valence-electron chi connectivity index (χ4n) is 2.31. The van der Waals surface area contributed by atoms with Gasteiger partial charge in [-0.15, -0.1) is 12.4 Å². The molecule has 2 aromatic carbocycles. The van der Waals surface area contributed by atoms with Gasteiger partial charge in [0.1, 0.15) is 5.82 Å². The smallest absolute Gasteiger partial charge is 0.227 e. The molecule has 2 rings (SSSR count). The summed E-state index contributed by atoms with van der Waals surface area (Å²) in [4.78, 5) is 14.2. The Morgan fingerprint density at radius 1 is 0.957 bits per heavy atom. The van der Waals surface area contributed by atoms with Gasteiger partial charge in [0.25, 0.3) is 0 Å². The maximum Gasteiger partial charge on any atom is 0.227 e. The molecule has 5 heteroatoms. The molecule has 1 amide bonds. The number of amides is 1. The average Bonchev–Trinajstić information content (AvgIpc) is 2.54. The number of carbonyl (C=O) groups excluding carboxylic acids is 1. The van der Waals surface area contributed by atoms with E-state index in [1.807, 2.05) is 30.3 Å². The highest BCUT2D eigenvalue weighted by Gasteiger charge is 2.13. The topological polar surface area (TPSA) is 46.3 Å². The van der Waals surface area contributed by atoms with E-state index in [-0.39, 0.29) is 30.6 Å². The number of benzene rings is 2. The van der Waals surface area contributed by atoms with Gasteiger partial charge in [-0.25, -0.2) is 4.39 Å². The number of hydrogen-bond acceptors (Lipinski definition) is 2. The van der Waals surface area contributed by atoms with Crippen LogP contribution in [0, 0.1) is 5.82 Å². The molecule has 0 aliphatic heterocycles. The van der Waals surface area contributed by atoms with Crippen molar-refractivity contribution in [2.75, 3.05) is 19.6 Å². The van der Waals surface area contributed by atoms with Crippen molar-refractivity contribution >= 4 is 18.3 Å². The van der Waals surface area contributed by atoms with Crippen LogP contribution in [0.15, 0.2) is 54.6 Å². The number of carbonyl (C=O) groups is 1. The zero-order chi connectivity index (χ0) is 15.8. The number of hydrogen-bond donors (Lipinski definition) is 1. The van der Waals surface area contributed by atoms with E-state index in [2.05, 4.69) is 0 Å². The summed E-state index contributed by atoms with van der Waals surface area (Å²) in [5.41, 5.74) is 7.61. The zero-order valence-electron chi connectivity index (χ0n) is 13.0. The lowest BCUT2D eigenvalue weighted by Gasteiger charge is -2.22. The van der Waals surface area contributed by atoms with Crippen molar-refractivity contribution in [3.8, 4) is 0 Å². The second-order valence-electron chi connectivity index (χ2n) is 5.21. The first-order valence-electron chi connectivity index (χ1n) is 7.45. The Bertz CT molecular complexity index is 590. The Morgan fingerprint density at radius 2 is 1.61 bits per heavy atom. The Kier molecular flexibility index (Phi) is 8.30. The SMILES string of the molecule is Cl.NCCN(CCc1ccccc1)C(=O)Cc1ccc(F)cc1. The molecule has 0 unspecified atom stereocenters. The molecule has 3 nitrogen and oxygen atoms in total. The van der Waals surface area contributed by atoms with Gasteiger partial charge in [-0.1, -0.05) is 42.5 Å². The van der Waals surface area contributed by atoms with Crippen LogP contribution in [0.5, 0.6) is 0 Å². The van der Waals surface area contributed by atoms with E-state index in [9.17, 15) is 9.18 Å². The molecular formula is C18H22ClFN2O. The fraction of sp³-hybridized carbons (Fsp3) is 0.278. The van der Waals surface area contributed by atoms with E-state index >= 15 is 0 Å². The van der Waals surface area contributed by atoms with Crippen LogP contribution < -0.4 is 5.73 Å². The lowest BCUT2D eigenvalue weighted by Crippen LogP contribution is -2.37. The summed E-state index contributed by atoms with van der Waals surface area (Å²) in [5.74, 6) is -0.271. The Labute approximate surface area is 142 Å². The molecule has 2 N–H and O–H groups in total. The summed E-state index contributed by atoms with van der Waals surface area (Å²) in [6.07, 6.45) is 1.07. The molecule has 0 aromatic heterocycles. The molecule has 0 saturated heterocycles. The van der Waals surface area contributed by atoms with Gasteiger partial charge in [-0.3, -0.25) is 4.79 Å². The number of nitrogens with zero attached hydrogens (tertiary/aromatic N) is 1. The van der Waals surface area contributed by atoms with Gasteiger partial charge in [0.05, 0.1) is 6.42 Å². The van der Waals surface area contributed by atoms with Gasteiger partial charge in [-0.05, 0) is 29.7 Å². The van der Waals surface area contributed by atoms with Crippen LogP contribution >= 0.6 is 12.4 Å². The predicted molar refractivity (Wildman–Crippen MR) is 93.1 cm³/mol. The normalized spacial score (nSPS) is 10.0. The molecule has 0 fully saturated rings. The van der Waals surface area contributed by atoms with Crippen LogP contribution in [0.3, 0.4) is 0 Å². The molecule has 124 valence electrons. The minimum absolute atomic E-state index is 0. The van der Waals surface area contributed by atoms with Gasteiger partial charge in [0.15, 0.2) is 0 Å². The molecule has 0 saturated carbocycles. The minimum Gasteiger partial charge on any atom is -0.341 e. The second kappa shape index (κ2) is 9.98. The van der Waals surface area contributed by atoms with Crippen molar-refractivity contribution in [2.24, 2.45) is 5.73 Å². The molecule has 0 aliphatic rings. The third kappa shape index (κ3) is 6.38. The summed E-state index contributed by atoms with van der Waals surface area (Å²) in [6.45, 7) is 1.61. The van der Waals surface area contributed by atoms with Gasteiger partial charge >= 0.3 is 0 Å². The average molecular weight is 337 g/mol. The first-order chi connectivity index (χ1) is 10.7. The zero-order valence-corrected chi connectivity index (χ0v) is 13.8. The Balaban J connectivity index is 0.00000264. The molecule has 0 aliphatic carbocycles. The van der Waals surface area contributed by atoms with E-state index in [0.717, 1.165) is 12.0 Å². The van der Waals surface area contributed by atoms with Gasteiger partial charge < -0.3 is 10.6 Å². The summed E-state index contributed by atoms with van der Waals surface area (Å²) in [6, 6.07) is 16.1. The second-order valence-corrected chi connectivity index (χ2v) is 5.21. The Morgan fingerprint density at radius 3 is 2.22 bits per heavy atom. The molecule has 0 atom stereocenters. The maximum atomic E-state index is 12.9. The van der Waals surface area contributed by atoms with Crippen molar-refractivity contribution in [1.82, 2.24) is 4.90 Å². The Hall–Kier alpha value is -1.91. The van der Waals surface area contributed by atoms with Crippen molar-refractivity contribution in [2.45, 2.75) is 12.8 Å². The van der Waals surface area contributed by atoms with Gasteiger partial charge in [0.2, 0.25) is 5.91 Å². The van der Waals surface area contributed by atoms with Crippen LogP contribution in [0.4, 0.5) is 4.39 Å². The molecule has 0 radical (unpaired) electrons. The lowest BCUT2D eigenvalue weighted by molar-refractivity contribution is -0.130.